The van der Waals surface area contributed by atoms with Gasteiger partial charge < -0.3 is 5.32 Å². The molecule has 3 rings (SSSR count). The van der Waals surface area contributed by atoms with Gasteiger partial charge in [-0.1, -0.05) is 17.4 Å². The molecule has 3 heterocycles. The standard InChI is InChI=1S/C13H15N5S/c1-9-3-4-11(7-15-9)5-6-14-12-17-18-8-10(2)16-13(18)19-12/h3-4,7-8H,5-6H2,1-2H3,(H,14,17). The highest BCUT2D eigenvalue weighted by Crippen LogP contribution is 2.18. The molecule has 1 N–H and O–H groups in total. The van der Waals surface area contributed by atoms with Gasteiger partial charge in [0.25, 0.3) is 0 Å². The SMILES string of the molecule is Cc1ccc(CCNc2nn3cc(C)nc3s2)cn1. The fourth-order valence-corrected chi connectivity index (χ4v) is 2.69. The van der Waals surface area contributed by atoms with Crippen molar-refractivity contribution in [3.05, 3.63) is 41.5 Å². The highest BCUT2D eigenvalue weighted by Gasteiger charge is 2.05. The van der Waals surface area contributed by atoms with E-state index in [-0.39, 0.29) is 0 Å². The van der Waals surface area contributed by atoms with Crippen LogP contribution in [0.3, 0.4) is 0 Å². The summed E-state index contributed by atoms with van der Waals surface area (Å²) in [6.45, 7) is 4.81. The number of aryl methyl sites for hydroxylation is 2. The molecule has 0 unspecified atom stereocenters. The number of aromatic nitrogens is 4. The van der Waals surface area contributed by atoms with E-state index in [4.69, 9.17) is 0 Å². The minimum Gasteiger partial charge on any atom is -0.360 e. The monoisotopic (exact) mass is 273 g/mol. The van der Waals surface area contributed by atoms with Crippen LogP contribution in [0.25, 0.3) is 4.96 Å². The van der Waals surface area contributed by atoms with Crippen LogP contribution in [0.2, 0.25) is 0 Å². The minimum absolute atomic E-state index is 0.848. The van der Waals surface area contributed by atoms with E-state index < -0.39 is 0 Å². The van der Waals surface area contributed by atoms with Crippen molar-refractivity contribution in [2.45, 2.75) is 20.3 Å². The first-order chi connectivity index (χ1) is 9.20. The second-order valence-electron chi connectivity index (χ2n) is 4.50. The summed E-state index contributed by atoms with van der Waals surface area (Å²) in [4.78, 5) is 9.59. The van der Waals surface area contributed by atoms with Crippen LogP contribution in [0.4, 0.5) is 5.13 Å². The van der Waals surface area contributed by atoms with Gasteiger partial charge >= 0.3 is 0 Å². The van der Waals surface area contributed by atoms with Crippen molar-refractivity contribution >= 4 is 21.4 Å². The molecule has 0 aliphatic carbocycles. The molecule has 0 aliphatic rings. The molecule has 0 aromatic carbocycles. The van der Waals surface area contributed by atoms with Gasteiger partial charge in [0.2, 0.25) is 10.1 Å². The molecule has 0 radical (unpaired) electrons. The zero-order valence-electron chi connectivity index (χ0n) is 10.9. The maximum atomic E-state index is 4.42. The summed E-state index contributed by atoms with van der Waals surface area (Å²) in [5, 5.41) is 8.65. The lowest BCUT2D eigenvalue weighted by atomic mass is 10.2. The average Bonchev–Trinajstić information content (AvgIpc) is 2.88. The third kappa shape index (κ3) is 2.73. The van der Waals surface area contributed by atoms with E-state index in [0.717, 1.165) is 34.4 Å². The number of nitrogens with zero attached hydrogens (tertiary/aromatic N) is 4. The molecule has 6 heteroatoms. The Labute approximate surface area is 115 Å². The van der Waals surface area contributed by atoms with Crippen LogP contribution < -0.4 is 5.32 Å². The van der Waals surface area contributed by atoms with Crippen LogP contribution in [0.15, 0.2) is 24.5 Å². The molecule has 0 fully saturated rings. The smallest absolute Gasteiger partial charge is 0.214 e. The number of hydrogen-bond donors (Lipinski definition) is 1. The van der Waals surface area contributed by atoms with Crippen LogP contribution in [0, 0.1) is 13.8 Å². The first kappa shape index (κ1) is 12.1. The first-order valence-corrected chi connectivity index (χ1v) is 7.00. The van der Waals surface area contributed by atoms with Gasteiger partial charge in [-0.25, -0.2) is 9.50 Å². The Morgan fingerprint density at radius 3 is 2.89 bits per heavy atom. The van der Waals surface area contributed by atoms with Gasteiger partial charge in [-0.3, -0.25) is 4.98 Å². The fourth-order valence-electron chi connectivity index (χ4n) is 1.84. The summed E-state index contributed by atoms with van der Waals surface area (Å²) in [6, 6.07) is 4.15. The Hall–Kier alpha value is -1.95. The van der Waals surface area contributed by atoms with Gasteiger partial charge in [-0.05, 0) is 31.9 Å². The van der Waals surface area contributed by atoms with Crippen molar-refractivity contribution in [2.75, 3.05) is 11.9 Å². The number of imidazole rings is 1. The number of fused-ring (bicyclic) bond motifs is 1. The van der Waals surface area contributed by atoms with Gasteiger partial charge in [0.1, 0.15) is 0 Å². The van der Waals surface area contributed by atoms with E-state index in [0.29, 0.717) is 0 Å². The first-order valence-electron chi connectivity index (χ1n) is 6.19. The van der Waals surface area contributed by atoms with Gasteiger partial charge in [-0.2, -0.15) is 0 Å². The second-order valence-corrected chi connectivity index (χ2v) is 5.46. The number of rotatable bonds is 4. The molecule has 0 saturated heterocycles. The Morgan fingerprint density at radius 1 is 1.26 bits per heavy atom. The van der Waals surface area contributed by atoms with E-state index in [2.05, 4.69) is 26.4 Å². The molecule has 5 nitrogen and oxygen atoms in total. The van der Waals surface area contributed by atoms with E-state index in [1.165, 1.54) is 5.56 Å². The second kappa shape index (κ2) is 4.97. The topological polar surface area (TPSA) is 55.1 Å². The largest absolute Gasteiger partial charge is 0.360 e. The molecule has 0 bridgehead atoms. The highest BCUT2D eigenvalue weighted by atomic mass is 32.1. The molecule has 98 valence electrons. The molecule has 0 amide bonds. The molecule has 0 spiro atoms. The van der Waals surface area contributed by atoms with Crippen molar-refractivity contribution in [3.8, 4) is 0 Å². The predicted molar refractivity (Wildman–Crippen MR) is 76.8 cm³/mol. The quantitative estimate of drug-likeness (QED) is 0.793. The van der Waals surface area contributed by atoms with Crippen molar-refractivity contribution in [2.24, 2.45) is 0 Å². The summed E-state index contributed by atoms with van der Waals surface area (Å²) in [5.41, 5.74) is 3.28. The van der Waals surface area contributed by atoms with Crippen LogP contribution in [0.1, 0.15) is 17.0 Å². The van der Waals surface area contributed by atoms with Crippen LogP contribution in [-0.4, -0.2) is 26.1 Å². The molecule has 0 aliphatic heterocycles. The normalized spacial score (nSPS) is 11.1. The molecule has 0 atom stereocenters. The average molecular weight is 273 g/mol. The summed E-state index contributed by atoms with van der Waals surface area (Å²) in [7, 11) is 0. The summed E-state index contributed by atoms with van der Waals surface area (Å²) < 4.78 is 1.82. The Balaban J connectivity index is 1.59. The molecular formula is C13H15N5S. The van der Waals surface area contributed by atoms with E-state index in [1.807, 2.05) is 36.8 Å². The van der Waals surface area contributed by atoms with E-state index in [9.17, 15) is 0 Å². The van der Waals surface area contributed by atoms with Gasteiger partial charge in [0.05, 0.1) is 11.9 Å². The van der Waals surface area contributed by atoms with E-state index >= 15 is 0 Å². The molecule has 0 saturated carbocycles. The molecule has 3 aromatic heterocycles. The van der Waals surface area contributed by atoms with Crippen LogP contribution in [0.5, 0.6) is 0 Å². The molecular weight excluding hydrogens is 258 g/mol. The van der Waals surface area contributed by atoms with Gasteiger partial charge in [0, 0.05) is 18.4 Å². The lowest BCUT2D eigenvalue weighted by Gasteiger charge is -2.02. The van der Waals surface area contributed by atoms with Gasteiger partial charge in [-0.15, -0.1) is 5.10 Å². The van der Waals surface area contributed by atoms with E-state index in [1.54, 1.807) is 11.3 Å². The summed E-state index contributed by atoms with van der Waals surface area (Å²) >= 11 is 1.57. The highest BCUT2D eigenvalue weighted by molar-refractivity contribution is 7.20. The van der Waals surface area contributed by atoms with Crippen molar-refractivity contribution in [1.82, 2.24) is 19.6 Å². The van der Waals surface area contributed by atoms with Crippen molar-refractivity contribution in [1.29, 1.82) is 0 Å². The molecule has 19 heavy (non-hydrogen) atoms. The lowest BCUT2D eigenvalue weighted by molar-refractivity contribution is 0.942. The van der Waals surface area contributed by atoms with Crippen LogP contribution >= 0.6 is 11.3 Å². The predicted octanol–water partition coefficient (Wildman–Crippen LogP) is 2.46. The zero-order valence-corrected chi connectivity index (χ0v) is 11.7. The molecule has 3 aromatic rings. The zero-order chi connectivity index (χ0) is 13.2. The summed E-state index contributed by atoms with van der Waals surface area (Å²) in [6.07, 6.45) is 4.80. The third-order valence-electron chi connectivity index (χ3n) is 2.83. The minimum atomic E-state index is 0.848. The number of pyridine rings is 1. The van der Waals surface area contributed by atoms with Gasteiger partial charge in [0.15, 0.2) is 0 Å². The van der Waals surface area contributed by atoms with Crippen LogP contribution in [-0.2, 0) is 6.42 Å². The third-order valence-corrected chi connectivity index (χ3v) is 3.71. The van der Waals surface area contributed by atoms with Crippen molar-refractivity contribution < 1.29 is 0 Å². The number of hydrogen-bond acceptors (Lipinski definition) is 5. The fraction of sp³-hybridized carbons (Fsp3) is 0.308. The Kier molecular flexibility index (Phi) is 3.16. The lowest BCUT2D eigenvalue weighted by Crippen LogP contribution is -2.05. The maximum Gasteiger partial charge on any atom is 0.214 e. The maximum absolute atomic E-state index is 4.42. The number of anilines is 1. The number of nitrogens with one attached hydrogen (secondary N) is 1. The summed E-state index contributed by atoms with van der Waals surface area (Å²) in [5.74, 6) is 0. The Bertz CT molecular complexity index is 651. The Morgan fingerprint density at radius 2 is 2.16 bits per heavy atom. The van der Waals surface area contributed by atoms with Crippen molar-refractivity contribution in [3.63, 3.8) is 0 Å².